The summed E-state index contributed by atoms with van der Waals surface area (Å²) < 4.78 is 6.46. The summed E-state index contributed by atoms with van der Waals surface area (Å²) in [7, 11) is 1.36. The van der Waals surface area contributed by atoms with E-state index in [-0.39, 0.29) is 29.5 Å². The fraction of sp³-hybridized carbons (Fsp3) is 0.400. The molecule has 7 nitrogen and oxygen atoms in total. The third-order valence-electron chi connectivity index (χ3n) is 5.08. The van der Waals surface area contributed by atoms with E-state index in [4.69, 9.17) is 4.74 Å². The molecule has 2 aromatic rings. The van der Waals surface area contributed by atoms with Crippen molar-refractivity contribution in [2.45, 2.75) is 35.9 Å². The number of benzene rings is 1. The van der Waals surface area contributed by atoms with Crippen LogP contribution in [0.2, 0.25) is 0 Å². The number of ether oxygens (including phenoxy) is 1. The second-order valence-electron chi connectivity index (χ2n) is 7.16. The summed E-state index contributed by atoms with van der Waals surface area (Å²) >= 11 is 2.90. The Labute approximate surface area is 177 Å². The molecule has 0 amide bonds. The molecular formula is C20H22N4O3S2. The van der Waals surface area contributed by atoms with Gasteiger partial charge in [-0.2, -0.15) is 4.98 Å². The number of ketones is 1. The van der Waals surface area contributed by atoms with Crippen LogP contribution < -0.4 is 5.32 Å². The number of methoxy groups -OCH3 is 1. The molecule has 2 aliphatic rings. The van der Waals surface area contributed by atoms with Crippen LogP contribution >= 0.6 is 23.5 Å². The summed E-state index contributed by atoms with van der Waals surface area (Å²) in [6.45, 7) is 2.09. The maximum Gasteiger partial charge on any atom is 0.316 e. The van der Waals surface area contributed by atoms with Gasteiger partial charge in [0.1, 0.15) is 6.04 Å². The van der Waals surface area contributed by atoms with Gasteiger partial charge in [0.05, 0.1) is 12.9 Å². The number of Topliss-reactive ketones (excluding diaryl/α,β-unsaturated/α-hetero) is 1. The molecule has 29 heavy (non-hydrogen) atoms. The Bertz CT molecular complexity index is 984. The van der Waals surface area contributed by atoms with Crippen LogP contribution in [-0.4, -0.2) is 45.6 Å². The minimum atomic E-state index is -0.332. The van der Waals surface area contributed by atoms with Crippen molar-refractivity contribution in [3.63, 3.8) is 0 Å². The van der Waals surface area contributed by atoms with Crippen LogP contribution in [0.5, 0.6) is 0 Å². The van der Waals surface area contributed by atoms with Crippen LogP contribution in [0, 0.1) is 5.92 Å². The van der Waals surface area contributed by atoms with Gasteiger partial charge in [-0.25, -0.2) is 4.68 Å². The molecule has 0 radical (unpaired) electrons. The molecule has 152 valence electrons. The van der Waals surface area contributed by atoms with E-state index in [1.807, 2.05) is 18.4 Å². The first kappa shape index (κ1) is 20.0. The number of nitrogens with one attached hydrogen (secondary N) is 1. The number of nitrogens with zero attached hydrogens (tertiary/aromatic N) is 3. The van der Waals surface area contributed by atoms with E-state index in [1.54, 1.807) is 16.4 Å². The number of aromatic nitrogens is 3. The Balaban J connectivity index is 1.75. The number of hydrogen-bond acceptors (Lipinski definition) is 8. The summed E-state index contributed by atoms with van der Waals surface area (Å²) in [5.74, 6) is 0.834. The smallest absolute Gasteiger partial charge is 0.316 e. The molecule has 1 aliphatic heterocycles. The monoisotopic (exact) mass is 430 g/mol. The zero-order valence-corrected chi connectivity index (χ0v) is 18.1. The lowest BCUT2D eigenvalue weighted by atomic mass is 9.81. The average Bonchev–Trinajstić information content (AvgIpc) is 3.12. The number of fused-ring (bicyclic) bond motifs is 1. The lowest BCUT2D eigenvalue weighted by Gasteiger charge is -2.34. The van der Waals surface area contributed by atoms with E-state index in [2.05, 4.69) is 34.5 Å². The molecular weight excluding hydrogens is 408 g/mol. The molecule has 1 aliphatic carbocycles. The summed E-state index contributed by atoms with van der Waals surface area (Å²) in [6.07, 6.45) is 3.37. The number of carbonyl (C=O) groups excluding carboxylic acids is 2. The lowest BCUT2D eigenvalue weighted by molar-refractivity contribution is -0.137. The zero-order valence-electron chi connectivity index (χ0n) is 16.5. The fourth-order valence-electron chi connectivity index (χ4n) is 3.73. The molecule has 1 aromatic heterocycles. The van der Waals surface area contributed by atoms with Crippen molar-refractivity contribution >= 4 is 41.2 Å². The molecule has 0 bridgehead atoms. The van der Waals surface area contributed by atoms with Crippen molar-refractivity contribution in [3.8, 4) is 0 Å². The average molecular weight is 431 g/mol. The SMILES string of the molecule is COC(=O)CSc1nc2n(n1)[C@H](c1ccc(SC)cc1)C1=C(C[C@@H](C)CC1=O)N2. The number of rotatable bonds is 5. The van der Waals surface area contributed by atoms with Crippen LogP contribution in [0.3, 0.4) is 0 Å². The number of anilines is 1. The minimum absolute atomic E-state index is 0.135. The Morgan fingerprint density at radius 3 is 2.76 bits per heavy atom. The predicted molar refractivity (Wildman–Crippen MR) is 113 cm³/mol. The molecule has 0 fully saturated rings. The number of thioether (sulfide) groups is 2. The highest BCUT2D eigenvalue weighted by molar-refractivity contribution is 7.99. The molecule has 0 unspecified atom stereocenters. The summed E-state index contributed by atoms with van der Waals surface area (Å²) in [5.41, 5.74) is 2.69. The third-order valence-corrected chi connectivity index (χ3v) is 6.64. The highest BCUT2D eigenvalue weighted by Crippen LogP contribution is 2.42. The van der Waals surface area contributed by atoms with Gasteiger partial charge in [0.2, 0.25) is 11.1 Å². The summed E-state index contributed by atoms with van der Waals surface area (Å²) in [6, 6.07) is 7.88. The Kier molecular flexibility index (Phi) is 5.69. The number of carbonyl (C=O) groups is 2. The quantitative estimate of drug-likeness (QED) is 0.569. The second kappa shape index (κ2) is 8.23. The number of esters is 1. The van der Waals surface area contributed by atoms with Gasteiger partial charge in [-0.05, 0) is 36.3 Å². The Hall–Kier alpha value is -2.26. The maximum absolute atomic E-state index is 13.0. The molecule has 0 saturated heterocycles. The third kappa shape index (κ3) is 3.93. The van der Waals surface area contributed by atoms with Crippen LogP contribution in [-0.2, 0) is 14.3 Å². The Morgan fingerprint density at radius 2 is 2.07 bits per heavy atom. The minimum Gasteiger partial charge on any atom is -0.468 e. The molecule has 1 N–H and O–H groups in total. The van der Waals surface area contributed by atoms with Crippen molar-refractivity contribution in [2.24, 2.45) is 5.92 Å². The van der Waals surface area contributed by atoms with E-state index < -0.39 is 0 Å². The molecule has 1 aromatic carbocycles. The van der Waals surface area contributed by atoms with Crippen molar-refractivity contribution in [1.29, 1.82) is 0 Å². The first-order valence-electron chi connectivity index (χ1n) is 9.33. The molecule has 4 rings (SSSR count). The molecule has 2 atom stereocenters. The van der Waals surface area contributed by atoms with Crippen LogP contribution in [0.4, 0.5) is 5.95 Å². The van der Waals surface area contributed by atoms with E-state index in [0.717, 1.165) is 28.1 Å². The van der Waals surface area contributed by atoms with Gasteiger partial charge in [-0.15, -0.1) is 16.9 Å². The van der Waals surface area contributed by atoms with E-state index in [9.17, 15) is 9.59 Å². The van der Waals surface area contributed by atoms with Crippen molar-refractivity contribution in [1.82, 2.24) is 14.8 Å². The second-order valence-corrected chi connectivity index (χ2v) is 8.98. The summed E-state index contributed by atoms with van der Waals surface area (Å²) in [5, 5.41) is 8.40. The van der Waals surface area contributed by atoms with Gasteiger partial charge >= 0.3 is 5.97 Å². The molecule has 0 saturated carbocycles. The standard InChI is InChI=1S/C20H22N4O3S2/c1-11-8-14-17(15(25)9-11)18(12-4-6-13(28-3)7-5-12)24-19(21-14)22-20(23-24)29-10-16(26)27-2/h4-7,11,18H,8-10H2,1-3H3,(H,21,22,23)/t11-,18-/m1/s1. The topological polar surface area (TPSA) is 86.1 Å². The predicted octanol–water partition coefficient (Wildman–Crippen LogP) is 3.53. The number of allylic oxidation sites excluding steroid dienone is 2. The van der Waals surface area contributed by atoms with Gasteiger partial charge in [-0.3, -0.25) is 9.59 Å². The van der Waals surface area contributed by atoms with E-state index >= 15 is 0 Å². The normalized spacial score (nSPS) is 20.7. The first-order valence-corrected chi connectivity index (χ1v) is 11.5. The Morgan fingerprint density at radius 1 is 1.31 bits per heavy atom. The number of hydrogen-bond donors (Lipinski definition) is 1. The van der Waals surface area contributed by atoms with Gasteiger partial charge in [0, 0.05) is 22.6 Å². The molecule has 9 heteroatoms. The van der Waals surface area contributed by atoms with Crippen molar-refractivity contribution in [3.05, 3.63) is 41.1 Å². The van der Waals surface area contributed by atoms with Gasteiger partial charge in [-0.1, -0.05) is 30.8 Å². The first-order chi connectivity index (χ1) is 14.0. The van der Waals surface area contributed by atoms with Gasteiger partial charge < -0.3 is 10.1 Å². The van der Waals surface area contributed by atoms with E-state index in [1.165, 1.54) is 18.9 Å². The van der Waals surface area contributed by atoms with Gasteiger partial charge in [0.25, 0.3) is 0 Å². The molecule has 0 spiro atoms. The maximum atomic E-state index is 13.0. The van der Waals surface area contributed by atoms with Crippen LogP contribution in [0.1, 0.15) is 31.4 Å². The molecule has 2 heterocycles. The highest BCUT2D eigenvalue weighted by atomic mass is 32.2. The van der Waals surface area contributed by atoms with Gasteiger partial charge in [0.15, 0.2) is 5.78 Å². The zero-order chi connectivity index (χ0) is 20.5. The van der Waals surface area contributed by atoms with Crippen LogP contribution in [0.15, 0.2) is 45.6 Å². The van der Waals surface area contributed by atoms with Crippen LogP contribution in [0.25, 0.3) is 0 Å². The fourth-order valence-corrected chi connectivity index (χ4v) is 4.79. The lowest BCUT2D eigenvalue weighted by Crippen LogP contribution is -2.33. The largest absolute Gasteiger partial charge is 0.468 e. The summed E-state index contributed by atoms with van der Waals surface area (Å²) in [4.78, 5) is 30.2. The van der Waals surface area contributed by atoms with E-state index in [0.29, 0.717) is 17.5 Å². The van der Waals surface area contributed by atoms with Crippen molar-refractivity contribution < 1.29 is 14.3 Å². The van der Waals surface area contributed by atoms with Crippen molar-refractivity contribution in [2.75, 3.05) is 24.4 Å². The highest BCUT2D eigenvalue weighted by Gasteiger charge is 2.38.